The topological polar surface area (TPSA) is 95.9 Å². The maximum atomic E-state index is 9.65. The summed E-state index contributed by atoms with van der Waals surface area (Å²) in [5, 5.41) is 19.8. The lowest BCUT2D eigenvalue weighted by Crippen LogP contribution is -1.99. The van der Waals surface area contributed by atoms with Gasteiger partial charge in [-0.25, -0.2) is 9.97 Å². The second-order valence-corrected chi connectivity index (χ2v) is 5.43. The SMILES string of the molecule is COc1cccc(-c2nc(Nc3cccc(O)c3)c3[nH]ncc3n2)c1. The first-order valence-electron chi connectivity index (χ1n) is 7.64. The Hall–Kier alpha value is -3.61. The zero-order valence-electron chi connectivity index (χ0n) is 13.4. The molecule has 4 aromatic rings. The highest BCUT2D eigenvalue weighted by Crippen LogP contribution is 2.28. The molecule has 2 aromatic carbocycles. The van der Waals surface area contributed by atoms with Gasteiger partial charge in [0, 0.05) is 17.3 Å². The van der Waals surface area contributed by atoms with E-state index in [1.54, 1.807) is 31.5 Å². The van der Waals surface area contributed by atoms with Crippen LogP contribution >= 0.6 is 0 Å². The van der Waals surface area contributed by atoms with Gasteiger partial charge in [-0.1, -0.05) is 18.2 Å². The Morgan fingerprint density at radius 3 is 2.80 bits per heavy atom. The number of nitrogens with zero attached hydrogens (tertiary/aromatic N) is 3. The second-order valence-electron chi connectivity index (χ2n) is 5.43. The van der Waals surface area contributed by atoms with Crippen molar-refractivity contribution in [2.45, 2.75) is 0 Å². The summed E-state index contributed by atoms with van der Waals surface area (Å²) in [6.07, 6.45) is 1.65. The second kappa shape index (κ2) is 6.12. The molecule has 0 radical (unpaired) electrons. The van der Waals surface area contributed by atoms with Crippen molar-refractivity contribution in [1.29, 1.82) is 0 Å². The number of benzene rings is 2. The molecule has 7 nitrogen and oxygen atoms in total. The number of nitrogens with one attached hydrogen (secondary N) is 2. The zero-order chi connectivity index (χ0) is 17.2. The van der Waals surface area contributed by atoms with Crippen molar-refractivity contribution in [3.05, 3.63) is 54.7 Å². The lowest BCUT2D eigenvalue weighted by molar-refractivity contribution is 0.415. The summed E-state index contributed by atoms with van der Waals surface area (Å²) in [5.74, 6) is 2.03. The van der Waals surface area contributed by atoms with E-state index in [-0.39, 0.29) is 5.75 Å². The first-order chi connectivity index (χ1) is 12.2. The number of aromatic hydroxyl groups is 1. The van der Waals surface area contributed by atoms with Gasteiger partial charge in [-0.05, 0) is 24.3 Å². The van der Waals surface area contributed by atoms with Gasteiger partial charge in [-0.3, -0.25) is 5.10 Å². The molecule has 0 aliphatic rings. The monoisotopic (exact) mass is 333 g/mol. The average Bonchev–Trinajstić information content (AvgIpc) is 3.11. The van der Waals surface area contributed by atoms with E-state index >= 15 is 0 Å². The van der Waals surface area contributed by atoms with Crippen molar-refractivity contribution in [2.24, 2.45) is 0 Å². The van der Waals surface area contributed by atoms with Gasteiger partial charge >= 0.3 is 0 Å². The van der Waals surface area contributed by atoms with Crippen LogP contribution in [-0.2, 0) is 0 Å². The van der Waals surface area contributed by atoms with Crippen molar-refractivity contribution in [2.75, 3.05) is 12.4 Å². The number of fused-ring (bicyclic) bond motifs is 1. The van der Waals surface area contributed by atoms with Crippen LogP contribution in [0.2, 0.25) is 0 Å². The molecular weight excluding hydrogens is 318 g/mol. The number of hydrogen-bond donors (Lipinski definition) is 3. The highest BCUT2D eigenvalue weighted by Gasteiger charge is 2.12. The minimum atomic E-state index is 0.174. The van der Waals surface area contributed by atoms with E-state index in [2.05, 4.69) is 25.5 Å². The predicted octanol–water partition coefficient (Wildman–Crippen LogP) is 3.48. The Morgan fingerprint density at radius 2 is 1.96 bits per heavy atom. The number of aromatic amines is 1. The van der Waals surface area contributed by atoms with Gasteiger partial charge in [-0.15, -0.1) is 0 Å². The number of methoxy groups -OCH3 is 1. The van der Waals surface area contributed by atoms with Gasteiger partial charge in [0.1, 0.15) is 22.5 Å². The number of phenols is 1. The van der Waals surface area contributed by atoms with Crippen LogP contribution in [-0.4, -0.2) is 32.4 Å². The number of hydrogen-bond acceptors (Lipinski definition) is 6. The molecule has 0 amide bonds. The summed E-state index contributed by atoms with van der Waals surface area (Å²) in [6, 6.07) is 14.4. The van der Waals surface area contributed by atoms with Gasteiger partial charge in [0.25, 0.3) is 0 Å². The lowest BCUT2D eigenvalue weighted by Gasteiger charge is -2.09. The van der Waals surface area contributed by atoms with E-state index in [1.165, 1.54) is 0 Å². The molecule has 0 bridgehead atoms. The van der Waals surface area contributed by atoms with Crippen LogP contribution in [0, 0.1) is 0 Å². The number of ether oxygens (including phenoxy) is 1. The molecule has 0 aliphatic heterocycles. The number of rotatable bonds is 4. The molecule has 25 heavy (non-hydrogen) atoms. The number of H-pyrrole nitrogens is 1. The molecule has 0 spiro atoms. The summed E-state index contributed by atoms with van der Waals surface area (Å²) in [4.78, 5) is 9.16. The lowest BCUT2D eigenvalue weighted by atomic mass is 10.2. The van der Waals surface area contributed by atoms with Crippen molar-refractivity contribution < 1.29 is 9.84 Å². The Bertz CT molecular complexity index is 1040. The largest absolute Gasteiger partial charge is 0.508 e. The molecular formula is C18H15N5O2. The fourth-order valence-electron chi connectivity index (χ4n) is 2.54. The maximum Gasteiger partial charge on any atom is 0.162 e. The summed E-state index contributed by atoms with van der Waals surface area (Å²) in [6.45, 7) is 0. The average molecular weight is 333 g/mol. The fraction of sp³-hybridized carbons (Fsp3) is 0.0556. The molecule has 0 fully saturated rings. The predicted molar refractivity (Wildman–Crippen MR) is 95.1 cm³/mol. The Morgan fingerprint density at radius 1 is 1.08 bits per heavy atom. The van der Waals surface area contributed by atoms with E-state index < -0.39 is 0 Å². The normalized spacial score (nSPS) is 10.8. The van der Waals surface area contributed by atoms with Crippen LogP contribution in [0.4, 0.5) is 11.5 Å². The fourth-order valence-corrected chi connectivity index (χ4v) is 2.54. The van der Waals surface area contributed by atoms with Crippen molar-refractivity contribution in [3.8, 4) is 22.9 Å². The third-order valence-electron chi connectivity index (χ3n) is 3.74. The van der Waals surface area contributed by atoms with Gasteiger partial charge in [0.2, 0.25) is 0 Å². The van der Waals surface area contributed by atoms with Gasteiger partial charge < -0.3 is 15.2 Å². The molecule has 0 saturated carbocycles. The first kappa shape index (κ1) is 14.9. The Kier molecular flexibility index (Phi) is 3.66. The van der Waals surface area contributed by atoms with Crippen LogP contribution in [0.3, 0.4) is 0 Å². The molecule has 0 atom stereocenters. The van der Waals surface area contributed by atoms with Crippen molar-refractivity contribution >= 4 is 22.5 Å². The molecule has 0 aliphatic carbocycles. The Balaban J connectivity index is 1.82. The summed E-state index contributed by atoms with van der Waals surface area (Å²) < 4.78 is 5.27. The van der Waals surface area contributed by atoms with E-state index in [0.29, 0.717) is 28.4 Å². The molecule has 7 heteroatoms. The first-order valence-corrected chi connectivity index (χ1v) is 7.64. The van der Waals surface area contributed by atoms with Crippen LogP contribution in [0.1, 0.15) is 0 Å². The van der Waals surface area contributed by atoms with Crippen molar-refractivity contribution in [3.63, 3.8) is 0 Å². The minimum Gasteiger partial charge on any atom is -0.508 e. The summed E-state index contributed by atoms with van der Waals surface area (Å²) >= 11 is 0. The third kappa shape index (κ3) is 2.94. The van der Waals surface area contributed by atoms with E-state index in [1.807, 2.05) is 30.3 Å². The van der Waals surface area contributed by atoms with E-state index in [9.17, 15) is 5.11 Å². The van der Waals surface area contributed by atoms with E-state index in [4.69, 9.17) is 4.74 Å². The smallest absolute Gasteiger partial charge is 0.162 e. The molecule has 124 valence electrons. The molecule has 3 N–H and O–H groups in total. The van der Waals surface area contributed by atoms with Gasteiger partial charge in [-0.2, -0.15) is 5.10 Å². The molecule has 0 unspecified atom stereocenters. The molecule has 2 heterocycles. The number of phenolic OH excluding ortho intramolecular Hbond substituents is 1. The third-order valence-corrected chi connectivity index (χ3v) is 3.74. The summed E-state index contributed by atoms with van der Waals surface area (Å²) in [5.41, 5.74) is 2.93. The van der Waals surface area contributed by atoms with Crippen molar-refractivity contribution in [1.82, 2.24) is 20.2 Å². The van der Waals surface area contributed by atoms with Crippen LogP contribution < -0.4 is 10.1 Å². The molecule has 0 saturated heterocycles. The van der Waals surface area contributed by atoms with Gasteiger partial charge in [0.05, 0.1) is 13.3 Å². The number of aromatic nitrogens is 4. The van der Waals surface area contributed by atoms with Crippen LogP contribution in [0.15, 0.2) is 54.7 Å². The standard InChI is InChI=1S/C18H15N5O2/c1-25-14-7-2-4-11(8-14)17-21-15-10-19-23-16(15)18(22-17)20-12-5-3-6-13(24)9-12/h2-10,24H,1H3,(H,19,23)(H,20,21,22). The highest BCUT2D eigenvalue weighted by atomic mass is 16.5. The maximum absolute atomic E-state index is 9.65. The summed E-state index contributed by atoms with van der Waals surface area (Å²) in [7, 11) is 1.62. The molecule has 2 aromatic heterocycles. The highest BCUT2D eigenvalue weighted by molar-refractivity contribution is 5.88. The molecule has 4 rings (SSSR count). The number of anilines is 2. The minimum absolute atomic E-state index is 0.174. The van der Waals surface area contributed by atoms with E-state index in [0.717, 1.165) is 11.3 Å². The van der Waals surface area contributed by atoms with Crippen LogP contribution in [0.25, 0.3) is 22.4 Å². The zero-order valence-corrected chi connectivity index (χ0v) is 13.4. The quantitative estimate of drug-likeness (QED) is 0.529. The van der Waals surface area contributed by atoms with Gasteiger partial charge in [0.15, 0.2) is 11.6 Å². The Labute approximate surface area is 143 Å². The van der Waals surface area contributed by atoms with Crippen LogP contribution in [0.5, 0.6) is 11.5 Å².